The van der Waals surface area contributed by atoms with Gasteiger partial charge in [0.1, 0.15) is 57.1 Å². The molecule has 0 saturated heterocycles. The van der Waals surface area contributed by atoms with Crippen LogP contribution < -0.4 is 14.2 Å². The summed E-state index contributed by atoms with van der Waals surface area (Å²) in [7, 11) is -4.42. The molecule has 5 heterocycles. The van der Waals surface area contributed by atoms with E-state index >= 15 is 0 Å². The Kier molecular flexibility index (Phi) is 8.72. The van der Waals surface area contributed by atoms with E-state index in [4.69, 9.17) is 44.1 Å². The molecule has 2 aliphatic heterocycles. The first-order valence-corrected chi connectivity index (χ1v) is 21.8. The summed E-state index contributed by atoms with van der Waals surface area (Å²) >= 11 is 0. The number of aromatic amines is 2. The summed E-state index contributed by atoms with van der Waals surface area (Å²) in [5, 5.41) is 2.92. The largest absolute Gasteiger partial charge is 0.457 e. The van der Waals surface area contributed by atoms with Crippen molar-refractivity contribution in [1.82, 2.24) is 39.9 Å². The Labute approximate surface area is 368 Å². The van der Waals surface area contributed by atoms with Crippen molar-refractivity contribution in [2.24, 2.45) is 0 Å². The van der Waals surface area contributed by atoms with Crippen LogP contribution in [-0.2, 0) is 10.1 Å². The Balaban J connectivity index is 1.17. The Hall–Kier alpha value is -8.79. The predicted molar refractivity (Wildman–Crippen MR) is 245 cm³/mol. The minimum absolute atomic E-state index is 0.263. The summed E-state index contributed by atoms with van der Waals surface area (Å²) in [6.07, 6.45) is 0. The number of nitrogens with one attached hydrogen (secondary N) is 2. The monoisotopic (exact) mass is 870 g/mol. The van der Waals surface area contributed by atoms with Crippen LogP contribution in [0.3, 0.4) is 0 Å². The maximum atomic E-state index is 11.8. The average molecular weight is 871 g/mol. The second-order valence-corrected chi connectivity index (χ2v) is 16.5. The van der Waals surface area contributed by atoms with E-state index in [0.29, 0.717) is 108 Å². The third-order valence-corrected chi connectivity index (χ3v) is 11.9. The number of hydrogen-bond acceptors (Lipinski definition) is 11. The lowest BCUT2D eigenvalue weighted by Gasteiger charge is -2.10. The number of benzene rings is 7. The molecule has 312 valence electrons. The van der Waals surface area contributed by atoms with Gasteiger partial charge in [-0.25, -0.2) is 29.9 Å². The molecule has 15 heteroatoms. The van der Waals surface area contributed by atoms with E-state index in [0.717, 1.165) is 10.8 Å². The highest BCUT2D eigenvalue weighted by Gasteiger charge is 2.27. The molecule has 0 spiro atoms. The van der Waals surface area contributed by atoms with Crippen molar-refractivity contribution in [1.29, 1.82) is 0 Å². The van der Waals surface area contributed by atoms with Crippen LogP contribution in [0.2, 0.25) is 0 Å². The summed E-state index contributed by atoms with van der Waals surface area (Å²) < 4.78 is 52.7. The van der Waals surface area contributed by atoms with Crippen molar-refractivity contribution >= 4 is 54.3 Å². The fourth-order valence-electron chi connectivity index (χ4n) is 8.08. The van der Waals surface area contributed by atoms with Gasteiger partial charge < -0.3 is 24.2 Å². The van der Waals surface area contributed by atoms with Gasteiger partial charge in [0.25, 0.3) is 10.1 Å². The molecule has 0 unspecified atom stereocenters. The smallest absolute Gasteiger partial charge is 0.294 e. The number of hydrogen-bond donors (Lipinski definition) is 3. The molecule has 0 atom stereocenters. The molecule has 0 saturated carbocycles. The summed E-state index contributed by atoms with van der Waals surface area (Å²) in [6, 6.07) is 49.1. The molecule has 7 aromatic carbocycles. The molecule has 3 aromatic heterocycles. The Morgan fingerprint density at radius 2 is 0.800 bits per heavy atom. The molecule has 14 nitrogen and oxygen atoms in total. The molecule has 2 aliphatic rings. The van der Waals surface area contributed by atoms with E-state index in [1.54, 1.807) is 6.07 Å². The van der Waals surface area contributed by atoms with Crippen molar-refractivity contribution in [3.05, 3.63) is 164 Å². The van der Waals surface area contributed by atoms with Gasteiger partial charge in [0.15, 0.2) is 23.3 Å². The van der Waals surface area contributed by atoms with Gasteiger partial charge in [0, 0.05) is 27.3 Å². The van der Waals surface area contributed by atoms with Gasteiger partial charge >= 0.3 is 0 Å². The molecule has 8 bridgehead atoms. The highest BCUT2D eigenvalue weighted by atomic mass is 32.2. The van der Waals surface area contributed by atoms with Crippen LogP contribution in [0.25, 0.3) is 89.7 Å². The van der Waals surface area contributed by atoms with Crippen LogP contribution in [0.1, 0.15) is 0 Å². The van der Waals surface area contributed by atoms with E-state index in [9.17, 15) is 13.0 Å². The molecule has 12 rings (SSSR count). The van der Waals surface area contributed by atoms with Gasteiger partial charge in [0.05, 0.1) is 21.4 Å². The van der Waals surface area contributed by atoms with Crippen molar-refractivity contribution in [3.63, 3.8) is 0 Å². The minimum Gasteiger partial charge on any atom is -0.457 e. The third-order valence-electron chi connectivity index (χ3n) is 11.0. The quantitative estimate of drug-likeness (QED) is 0.129. The van der Waals surface area contributed by atoms with E-state index in [-0.39, 0.29) is 10.7 Å². The van der Waals surface area contributed by atoms with Gasteiger partial charge in [-0.3, -0.25) is 4.55 Å². The molecule has 10 aromatic rings. The zero-order chi connectivity index (χ0) is 43.6. The Morgan fingerprint density at radius 3 is 1.35 bits per heavy atom. The summed E-state index contributed by atoms with van der Waals surface area (Å²) in [6.45, 7) is 0. The van der Waals surface area contributed by atoms with E-state index in [1.165, 1.54) is 24.3 Å². The van der Waals surface area contributed by atoms with E-state index < -0.39 is 10.1 Å². The molecular formula is C50H30N8O6S. The zero-order valence-corrected chi connectivity index (χ0v) is 34.5. The maximum absolute atomic E-state index is 11.8. The maximum Gasteiger partial charge on any atom is 0.294 e. The Bertz CT molecular complexity index is 3840. The van der Waals surface area contributed by atoms with Crippen LogP contribution >= 0.6 is 0 Å². The standard InChI is InChI=1S/C50H30N8O6S/c59-65(60,61)31-26-24-30(25-27-31)64-39-23-9-18-34-40(39)49-54-45(34)52-43-32-16-7-8-17-33(32)44(51-43)53-48-41-35(19-10-21-37(41)62-28-12-3-1-4-13-28)46(55-48)57-50-42-36(47(56-49)58-50)20-11-22-38(42)63-29-14-5-2-6-15-29/h1-27H,(H,59,60,61)(H2,51,52,53,54,55,56,57,58). The summed E-state index contributed by atoms with van der Waals surface area (Å²) in [4.78, 5) is 37.6. The average Bonchev–Trinajstić information content (AvgIpc) is 4.06. The van der Waals surface area contributed by atoms with Crippen molar-refractivity contribution in [2.45, 2.75) is 4.90 Å². The fourth-order valence-corrected chi connectivity index (χ4v) is 8.56. The first-order valence-electron chi connectivity index (χ1n) is 20.3. The lowest BCUT2D eigenvalue weighted by molar-refractivity contribution is 0.478. The van der Waals surface area contributed by atoms with Crippen molar-refractivity contribution in [3.8, 4) is 80.0 Å². The fraction of sp³-hybridized carbons (Fsp3) is 0. The molecule has 0 fully saturated rings. The van der Waals surface area contributed by atoms with Crippen molar-refractivity contribution < 1.29 is 27.2 Å². The topological polar surface area (TPSA) is 191 Å². The highest BCUT2D eigenvalue weighted by Crippen LogP contribution is 2.45. The highest BCUT2D eigenvalue weighted by molar-refractivity contribution is 7.85. The van der Waals surface area contributed by atoms with Gasteiger partial charge in [0.2, 0.25) is 0 Å². The van der Waals surface area contributed by atoms with Gasteiger partial charge in [-0.05, 0) is 66.7 Å². The molecular weight excluding hydrogens is 841 g/mol. The first-order chi connectivity index (χ1) is 31.8. The van der Waals surface area contributed by atoms with Gasteiger partial charge in [-0.1, -0.05) is 97.1 Å². The Morgan fingerprint density at radius 1 is 0.385 bits per heavy atom. The number of H-pyrrole nitrogens is 2. The lowest BCUT2D eigenvalue weighted by atomic mass is 10.1. The molecule has 3 N–H and O–H groups in total. The van der Waals surface area contributed by atoms with Crippen LogP contribution in [-0.4, -0.2) is 52.8 Å². The number of rotatable bonds is 7. The van der Waals surface area contributed by atoms with Gasteiger partial charge in [-0.2, -0.15) is 8.42 Å². The van der Waals surface area contributed by atoms with Crippen LogP contribution in [0.4, 0.5) is 0 Å². The van der Waals surface area contributed by atoms with Gasteiger partial charge in [-0.15, -0.1) is 0 Å². The second kappa shape index (κ2) is 14.9. The predicted octanol–water partition coefficient (Wildman–Crippen LogP) is 11.5. The normalized spacial score (nSPS) is 11.9. The summed E-state index contributed by atoms with van der Waals surface area (Å²) in [5.74, 6) is 4.43. The molecule has 0 amide bonds. The number of ether oxygens (including phenoxy) is 3. The SMILES string of the molecule is O=S(=O)(O)c1ccc(Oc2cccc3c2-c2nc-3nc3[nH]c(nc4nc(nc5[nH]c(n2)c2cccc(Oc6ccccc6)c52)-c2cccc(Oc5ccccc5)c2-4)c2ccccc32)cc1. The van der Waals surface area contributed by atoms with Crippen LogP contribution in [0.15, 0.2) is 169 Å². The van der Waals surface area contributed by atoms with Crippen LogP contribution in [0.5, 0.6) is 34.5 Å². The van der Waals surface area contributed by atoms with E-state index in [2.05, 4.69) is 9.97 Å². The number of fused-ring (bicyclic) bond motifs is 20. The van der Waals surface area contributed by atoms with Crippen LogP contribution in [0, 0.1) is 0 Å². The molecule has 0 aliphatic carbocycles. The molecule has 0 radical (unpaired) electrons. The zero-order valence-electron chi connectivity index (χ0n) is 33.7. The third kappa shape index (κ3) is 6.75. The molecule has 65 heavy (non-hydrogen) atoms. The minimum atomic E-state index is -4.42. The lowest BCUT2D eigenvalue weighted by Crippen LogP contribution is -1.97. The number of nitrogens with zero attached hydrogens (tertiary/aromatic N) is 6. The van der Waals surface area contributed by atoms with E-state index in [1.807, 2.05) is 133 Å². The van der Waals surface area contributed by atoms with Crippen molar-refractivity contribution in [2.75, 3.05) is 0 Å². The second-order valence-electron chi connectivity index (χ2n) is 15.1. The number of aromatic nitrogens is 8. The summed E-state index contributed by atoms with van der Waals surface area (Å²) in [5.41, 5.74) is 4.37. The first kappa shape index (κ1) is 37.9. The number of para-hydroxylation sites is 2.